The molecule has 0 radical (unpaired) electrons. The third-order valence-electron chi connectivity index (χ3n) is 3.14. The number of carbonyl (C=O) groups is 1. The van der Waals surface area contributed by atoms with Gasteiger partial charge in [0.1, 0.15) is 17.3 Å². The standard InChI is InChI=1S/C17H13Cl2NO3S/c18-11-3-5-14(13(19)8-11)22-10-17(21)20-9-12-4-6-15(23-12)16-2-1-7-24-16/h1-8H,9-10H2,(H,20,21). The fourth-order valence-electron chi connectivity index (χ4n) is 2.00. The molecular formula is C17H13Cl2NO3S. The number of amides is 1. The van der Waals surface area contributed by atoms with Gasteiger partial charge in [-0.05, 0) is 41.8 Å². The van der Waals surface area contributed by atoms with Gasteiger partial charge in [-0.2, -0.15) is 0 Å². The van der Waals surface area contributed by atoms with E-state index in [1.807, 2.05) is 29.6 Å². The van der Waals surface area contributed by atoms with Crippen molar-refractivity contribution in [2.24, 2.45) is 0 Å². The van der Waals surface area contributed by atoms with Gasteiger partial charge < -0.3 is 14.5 Å². The van der Waals surface area contributed by atoms with Crippen LogP contribution in [0.3, 0.4) is 0 Å². The molecule has 0 aliphatic carbocycles. The average molecular weight is 382 g/mol. The predicted molar refractivity (Wildman–Crippen MR) is 95.8 cm³/mol. The van der Waals surface area contributed by atoms with Crippen molar-refractivity contribution in [3.63, 3.8) is 0 Å². The second-order valence-corrected chi connectivity index (χ2v) is 6.67. The van der Waals surface area contributed by atoms with Crippen molar-refractivity contribution < 1.29 is 13.9 Å². The minimum Gasteiger partial charge on any atom is -0.482 e. The van der Waals surface area contributed by atoms with Crippen molar-refractivity contribution in [1.29, 1.82) is 0 Å². The molecule has 0 unspecified atom stereocenters. The molecule has 0 saturated carbocycles. The molecule has 3 aromatic rings. The molecule has 1 amide bonds. The molecular weight excluding hydrogens is 369 g/mol. The summed E-state index contributed by atoms with van der Waals surface area (Å²) in [4.78, 5) is 12.9. The van der Waals surface area contributed by atoms with Crippen LogP contribution in [0.1, 0.15) is 5.76 Å². The van der Waals surface area contributed by atoms with Gasteiger partial charge in [0.15, 0.2) is 6.61 Å². The predicted octanol–water partition coefficient (Wildman–Crippen LogP) is 5.01. The molecule has 0 bridgehead atoms. The molecule has 1 aromatic carbocycles. The van der Waals surface area contributed by atoms with E-state index in [1.54, 1.807) is 29.5 Å². The Bertz CT molecular complexity index is 830. The number of rotatable bonds is 6. The summed E-state index contributed by atoms with van der Waals surface area (Å²) in [7, 11) is 0. The van der Waals surface area contributed by atoms with Crippen LogP contribution in [-0.2, 0) is 11.3 Å². The van der Waals surface area contributed by atoms with Gasteiger partial charge in [0.25, 0.3) is 5.91 Å². The van der Waals surface area contributed by atoms with Gasteiger partial charge in [-0.15, -0.1) is 11.3 Å². The molecule has 3 rings (SSSR count). The first-order valence-electron chi connectivity index (χ1n) is 7.09. The van der Waals surface area contributed by atoms with E-state index in [0.29, 0.717) is 28.1 Å². The summed E-state index contributed by atoms with van der Waals surface area (Å²) in [6.45, 7) is 0.155. The van der Waals surface area contributed by atoms with Crippen LogP contribution < -0.4 is 10.1 Å². The maximum atomic E-state index is 11.9. The van der Waals surface area contributed by atoms with Crippen LogP contribution >= 0.6 is 34.5 Å². The minimum absolute atomic E-state index is 0.139. The van der Waals surface area contributed by atoms with Crippen LogP contribution in [0.5, 0.6) is 5.75 Å². The molecule has 124 valence electrons. The summed E-state index contributed by atoms with van der Waals surface area (Å²) in [6.07, 6.45) is 0. The van der Waals surface area contributed by atoms with Gasteiger partial charge in [-0.1, -0.05) is 29.3 Å². The normalized spacial score (nSPS) is 10.6. The summed E-state index contributed by atoms with van der Waals surface area (Å²) in [5.74, 6) is 1.61. The highest BCUT2D eigenvalue weighted by molar-refractivity contribution is 7.13. The molecule has 24 heavy (non-hydrogen) atoms. The van der Waals surface area contributed by atoms with Gasteiger partial charge in [0, 0.05) is 5.02 Å². The quantitative estimate of drug-likeness (QED) is 0.652. The Morgan fingerprint density at radius 1 is 1.21 bits per heavy atom. The number of benzene rings is 1. The van der Waals surface area contributed by atoms with E-state index in [-0.39, 0.29) is 12.5 Å². The first-order valence-corrected chi connectivity index (χ1v) is 8.72. The molecule has 0 saturated heterocycles. The lowest BCUT2D eigenvalue weighted by Gasteiger charge is -2.08. The Kier molecular flexibility index (Phi) is 5.45. The largest absolute Gasteiger partial charge is 0.482 e. The SMILES string of the molecule is O=C(COc1ccc(Cl)cc1Cl)NCc1ccc(-c2cccs2)o1. The molecule has 0 aliphatic heterocycles. The highest BCUT2D eigenvalue weighted by atomic mass is 35.5. The molecule has 4 nitrogen and oxygen atoms in total. The third-order valence-corrected chi connectivity index (χ3v) is 4.55. The molecule has 2 heterocycles. The zero-order chi connectivity index (χ0) is 16.9. The topological polar surface area (TPSA) is 51.5 Å². The van der Waals surface area contributed by atoms with Crippen molar-refractivity contribution in [1.82, 2.24) is 5.32 Å². The van der Waals surface area contributed by atoms with Crippen molar-refractivity contribution in [3.05, 3.63) is 63.7 Å². The maximum absolute atomic E-state index is 11.9. The molecule has 2 aromatic heterocycles. The lowest BCUT2D eigenvalue weighted by Crippen LogP contribution is -2.28. The highest BCUT2D eigenvalue weighted by Gasteiger charge is 2.09. The second-order valence-electron chi connectivity index (χ2n) is 4.88. The van der Waals surface area contributed by atoms with Crippen LogP contribution in [0, 0.1) is 0 Å². The molecule has 7 heteroatoms. The van der Waals surface area contributed by atoms with Crippen molar-refractivity contribution in [2.45, 2.75) is 6.54 Å². The van der Waals surface area contributed by atoms with E-state index in [2.05, 4.69) is 5.32 Å². The van der Waals surface area contributed by atoms with Crippen molar-refractivity contribution in [2.75, 3.05) is 6.61 Å². The minimum atomic E-state index is -0.268. The van der Waals surface area contributed by atoms with Gasteiger partial charge in [0.05, 0.1) is 16.4 Å². The fourth-order valence-corrected chi connectivity index (χ4v) is 3.15. The number of hydrogen-bond acceptors (Lipinski definition) is 4. The third kappa shape index (κ3) is 4.32. The molecule has 0 fully saturated rings. The van der Waals surface area contributed by atoms with Crippen molar-refractivity contribution in [3.8, 4) is 16.4 Å². The number of nitrogens with one attached hydrogen (secondary N) is 1. The second kappa shape index (κ2) is 7.75. The maximum Gasteiger partial charge on any atom is 0.258 e. The highest BCUT2D eigenvalue weighted by Crippen LogP contribution is 2.28. The summed E-state index contributed by atoms with van der Waals surface area (Å²) in [5, 5.41) is 5.59. The molecule has 0 spiro atoms. The molecule has 1 N–H and O–H groups in total. The summed E-state index contributed by atoms with van der Waals surface area (Å²) >= 11 is 13.4. The molecule has 0 aliphatic rings. The summed E-state index contributed by atoms with van der Waals surface area (Å²) < 4.78 is 11.1. The number of ether oxygens (including phenoxy) is 1. The summed E-state index contributed by atoms with van der Waals surface area (Å²) in [5.41, 5.74) is 0. The Morgan fingerprint density at radius 3 is 2.83 bits per heavy atom. The molecule has 0 atom stereocenters. The van der Waals surface area contributed by atoms with E-state index in [9.17, 15) is 4.79 Å². The Hall–Kier alpha value is -1.95. The number of carbonyl (C=O) groups excluding carboxylic acids is 1. The van der Waals surface area contributed by atoms with E-state index in [0.717, 1.165) is 10.6 Å². The average Bonchev–Trinajstić information content (AvgIpc) is 3.23. The lowest BCUT2D eigenvalue weighted by atomic mass is 10.3. The Balaban J connectivity index is 1.49. The van der Waals surface area contributed by atoms with Crippen LogP contribution in [0.2, 0.25) is 10.0 Å². The van der Waals surface area contributed by atoms with E-state index in [1.165, 1.54) is 0 Å². The Labute approximate surface area is 153 Å². The van der Waals surface area contributed by atoms with Gasteiger partial charge in [0.2, 0.25) is 0 Å². The van der Waals surface area contributed by atoms with E-state index in [4.69, 9.17) is 32.4 Å². The Morgan fingerprint density at radius 2 is 2.08 bits per heavy atom. The number of thiophene rings is 1. The monoisotopic (exact) mass is 381 g/mol. The first kappa shape index (κ1) is 16.9. The van der Waals surface area contributed by atoms with Gasteiger partial charge in [-0.25, -0.2) is 0 Å². The van der Waals surface area contributed by atoms with Gasteiger partial charge in [-0.3, -0.25) is 4.79 Å². The smallest absolute Gasteiger partial charge is 0.258 e. The van der Waals surface area contributed by atoms with E-state index < -0.39 is 0 Å². The van der Waals surface area contributed by atoms with E-state index >= 15 is 0 Å². The lowest BCUT2D eigenvalue weighted by molar-refractivity contribution is -0.123. The fraction of sp³-hybridized carbons (Fsp3) is 0.118. The van der Waals surface area contributed by atoms with Crippen LogP contribution in [0.25, 0.3) is 10.6 Å². The number of hydrogen-bond donors (Lipinski definition) is 1. The van der Waals surface area contributed by atoms with Crippen molar-refractivity contribution >= 4 is 40.4 Å². The number of furan rings is 1. The van der Waals surface area contributed by atoms with Crippen LogP contribution in [0.4, 0.5) is 0 Å². The van der Waals surface area contributed by atoms with Crippen LogP contribution in [-0.4, -0.2) is 12.5 Å². The van der Waals surface area contributed by atoms with Crippen LogP contribution in [0.15, 0.2) is 52.3 Å². The van der Waals surface area contributed by atoms with Gasteiger partial charge >= 0.3 is 0 Å². The summed E-state index contributed by atoms with van der Waals surface area (Å²) in [6, 6.07) is 12.5. The zero-order valence-electron chi connectivity index (χ0n) is 12.4. The first-order chi connectivity index (χ1) is 11.6. The zero-order valence-corrected chi connectivity index (χ0v) is 14.8. The number of halogens is 2.